The molecule has 4 fully saturated rings. The van der Waals surface area contributed by atoms with E-state index >= 15 is 38.4 Å². The van der Waals surface area contributed by atoms with E-state index in [1.165, 1.54) is 62.1 Å². The molecule has 3 aliphatic heterocycles. The van der Waals surface area contributed by atoms with Crippen LogP contribution in [0.3, 0.4) is 0 Å². The number of para-hydroxylation sites is 2. The third kappa shape index (κ3) is 27.5. The van der Waals surface area contributed by atoms with Crippen LogP contribution in [-0.2, 0) is 101 Å². The van der Waals surface area contributed by atoms with Crippen molar-refractivity contribution in [2.75, 3.05) is 58.8 Å². The van der Waals surface area contributed by atoms with Crippen LogP contribution in [-0.4, -0.2) is 294 Å². The fourth-order valence-electron chi connectivity index (χ4n) is 17.6. The van der Waals surface area contributed by atoms with Crippen molar-refractivity contribution in [2.45, 2.75) is 267 Å². The molecule has 720 valence electrons. The number of carbonyl (C=O) groups excluding carboxylic acids is 17. The van der Waals surface area contributed by atoms with Crippen LogP contribution in [0, 0.1) is 11.8 Å². The number of nitrogens with one attached hydrogen (secondary N) is 12. The van der Waals surface area contributed by atoms with Crippen LogP contribution < -0.4 is 70.4 Å². The van der Waals surface area contributed by atoms with Crippen LogP contribution in [0.2, 0.25) is 0 Å². The number of phenols is 1. The molecule has 1 aliphatic carbocycles. The van der Waals surface area contributed by atoms with Crippen molar-refractivity contribution in [3.05, 3.63) is 102 Å². The van der Waals surface area contributed by atoms with Gasteiger partial charge >= 0.3 is 0 Å². The van der Waals surface area contributed by atoms with Gasteiger partial charge in [-0.05, 0) is 124 Å². The highest BCUT2D eigenvalue weighted by atomic mass is 32.2. The van der Waals surface area contributed by atoms with Gasteiger partial charge in [-0.3, -0.25) is 81.5 Å². The zero-order valence-electron chi connectivity index (χ0n) is 76.9. The number of aliphatic hydroxyl groups excluding tert-OH is 1. The SMILES string of the molecule is CCCC[C@H]1C(=O)N(C)[C@@H](CCCC)C(=O)N[C@@H](CC(C)C)C(=O)N[C@H](C(=O)NCC(N)=O)CSCC(=O)N[C@@H](Cc2ccc(O)cc2)C(=O)N(C)[C@@H](C)C(=O)N[C@@H](CC(N)=O)C(=O)N2CCC[C@H]2C(=O)NC2(CCCC2)C(=O)N[C@@H](CC(C)C)C(=O)N2C[C@H](O)C[C@H]2C(=O)N[C@@H](Cc2c[nH]c3ccccc23)C(=O)N[C@@H](CCN)C(=O)N[C@@H](Cc2c[nH]c3ccccc23)C(=O)N1C. The largest absolute Gasteiger partial charge is 0.508 e. The Morgan fingerprint density at radius 1 is 0.538 bits per heavy atom. The number of aromatic nitrogens is 2. The molecule has 1 spiro atoms. The summed E-state index contributed by atoms with van der Waals surface area (Å²) in [4.78, 5) is 263. The van der Waals surface area contributed by atoms with E-state index in [2.05, 4.69) is 63.1 Å². The van der Waals surface area contributed by atoms with E-state index in [0.717, 1.165) is 26.5 Å². The number of likely N-dealkylation sites (N-methyl/N-ethyl adjacent to an activating group) is 3. The molecule has 5 aromatic rings. The van der Waals surface area contributed by atoms with Crippen molar-refractivity contribution in [3.63, 3.8) is 0 Å². The lowest BCUT2D eigenvalue weighted by atomic mass is 9.93. The molecular weight excluding hydrogens is 1720 g/mol. The molecule has 17 amide bonds. The van der Waals surface area contributed by atoms with Gasteiger partial charge in [0.2, 0.25) is 100 Å². The predicted octanol–water partition coefficient (Wildman–Crippen LogP) is 0.189. The molecule has 1 saturated carbocycles. The number of fused-ring (bicyclic) bond motifs is 4. The zero-order valence-corrected chi connectivity index (χ0v) is 77.7. The summed E-state index contributed by atoms with van der Waals surface area (Å²) in [5, 5.41) is 50.6. The average molecular weight is 1850 g/mol. The summed E-state index contributed by atoms with van der Waals surface area (Å²) in [6.07, 6.45) is 3.19. The molecule has 3 aromatic carbocycles. The highest BCUT2D eigenvalue weighted by Crippen LogP contribution is 2.34. The van der Waals surface area contributed by atoms with E-state index in [-0.39, 0.29) is 120 Å². The number of aromatic amines is 2. The van der Waals surface area contributed by atoms with E-state index < -0.39 is 216 Å². The summed E-state index contributed by atoms with van der Waals surface area (Å²) in [7, 11) is 4.05. The van der Waals surface area contributed by atoms with Crippen molar-refractivity contribution >= 4 is 134 Å². The number of hydrogen-bond acceptors (Lipinski definition) is 21. The summed E-state index contributed by atoms with van der Waals surface area (Å²) in [6, 6.07) is 1.07. The van der Waals surface area contributed by atoms with E-state index in [4.69, 9.17) is 17.2 Å². The van der Waals surface area contributed by atoms with Gasteiger partial charge < -0.3 is 115 Å². The highest BCUT2D eigenvalue weighted by molar-refractivity contribution is 8.00. The molecular formula is C92H132N20O19S. The van der Waals surface area contributed by atoms with Gasteiger partial charge in [-0.25, -0.2) is 0 Å². The minimum atomic E-state index is -1.73. The lowest BCUT2D eigenvalue weighted by molar-refractivity contribution is -0.149. The number of rotatable bonds is 23. The van der Waals surface area contributed by atoms with Crippen LogP contribution in [0.1, 0.15) is 174 Å². The van der Waals surface area contributed by atoms with Gasteiger partial charge in [0.05, 0.1) is 24.8 Å². The second-order valence-electron chi connectivity index (χ2n) is 35.9. The van der Waals surface area contributed by atoms with Crippen LogP contribution in [0.25, 0.3) is 21.8 Å². The zero-order chi connectivity index (χ0) is 96.5. The van der Waals surface area contributed by atoms with Crippen LogP contribution in [0.15, 0.2) is 85.2 Å². The molecule has 20 N–H and O–H groups in total. The first kappa shape index (κ1) is 104. The summed E-state index contributed by atoms with van der Waals surface area (Å²) in [5.74, 6) is -16.3. The fourth-order valence-corrected chi connectivity index (χ4v) is 18.4. The van der Waals surface area contributed by atoms with Crippen LogP contribution in [0.4, 0.5) is 0 Å². The molecule has 14 atom stereocenters. The van der Waals surface area contributed by atoms with Gasteiger partial charge in [-0.2, -0.15) is 0 Å². The summed E-state index contributed by atoms with van der Waals surface area (Å²) in [5.41, 5.74) is 18.7. The van der Waals surface area contributed by atoms with Gasteiger partial charge in [0.15, 0.2) is 0 Å². The average Bonchev–Trinajstić information content (AvgIpc) is 1.59. The molecule has 4 aliphatic rings. The Kier molecular flexibility index (Phi) is 37.9. The fraction of sp³-hybridized carbons (Fsp3) is 0.576. The Labute approximate surface area is 772 Å². The quantitative estimate of drug-likeness (QED) is 0.0415. The van der Waals surface area contributed by atoms with Crippen LogP contribution >= 0.6 is 11.8 Å². The number of phenolic OH excluding ortho intramolecular Hbond substituents is 1. The van der Waals surface area contributed by atoms with E-state index in [0.29, 0.717) is 77.0 Å². The number of carbonyl (C=O) groups is 17. The van der Waals surface area contributed by atoms with Gasteiger partial charge in [0, 0.05) is 99.9 Å². The van der Waals surface area contributed by atoms with Crippen molar-refractivity contribution < 1.29 is 91.7 Å². The molecule has 2 aromatic heterocycles. The predicted molar refractivity (Wildman–Crippen MR) is 492 cm³/mol. The first-order chi connectivity index (χ1) is 62.8. The van der Waals surface area contributed by atoms with Crippen molar-refractivity contribution in [3.8, 4) is 5.75 Å². The molecule has 3 saturated heterocycles. The van der Waals surface area contributed by atoms with E-state index in [9.17, 15) is 53.4 Å². The number of amides is 17. The summed E-state index contributed by atoms with van der Waals surface area (Å²) >= 11 is 0.811. The Hall–Kier alpha value is -12.2. The number of primary amides is 2. The molecule has 40 heteroatoms. The molecule has 0 unspecified atom stereocenters. The second kappa shape index (κ2) is 48.3. The van der Waals surface area contributed by atoms with Gasteiger partial charge in [0.1, 0.15) is 89.8 Å². The van der Waals surface area contributed by atoms with E-state index in [1.54, 1.807) is 70.4 Å². The number of aliphatic hydroxyl groups is 1. The Morgan fingerprint density at radius 2 is 1.07 bits per heavy atom. The number of benzene rings is 3. The van der Waals surface area contributed by atoms with E-state index in [1.807, 2.05) is 32.0 Å². The maximum atomic E-state index is 15.8. The summed E-state index contributed by atoms with van der Waals surface area (Å²) < 4.78 is 0. The number of thioether (sulfide) groups is 1. The Bertz CT molecular complexity index is 4960. The smallest absolute Gasteiger partial charge is 0.246 e. The monoisotopic (exact) mass is 1850 g/mol. The normalized spacial score (nSPS) is 25.5. The molecule has 5 heterocycles. The number of unbranched alkanes of at least 4 members (excludes halogenated alkanes) is 2. The lowest BCUT2D eigenvalue weighted by Crippen LogP contribution is -2.64. The maximum absolute atomic E-state index is 15.8. The first-order valence-electron chi connectivity index (χ1n) is 45.6. The summed E-state index contributed by atoms with van der Waals surface area (Å²) in [6.45, 7) is 10.8. The minimum absolute atomic E-state index is 0.0172. The van der Waals surface area contributed by atoms with Crippen molar-refractivity contribution in [1.82, 2.24) is 87.6 Å². The standard InChI is InChI=1S/C92H132N20O19S/c1-11-13-26-71-83(123)101-64(38-51(3)4)81(121)105-70(79(119)98-47-76(95)116)49-132-50-77(117)99-67(40-54-29-31-57(113)32-30-54)86(126)108(8)53(7)78(118)103-69(44-75(94)115)88(128)111-37-21-28-72(111)85(125)107-92(34-19-20-35-92)91(131)106-66(39-52(5)6)89(129)112-48-58(114)43-74(112)84(124)102-65(41-55-45-96-61-24-17-15-22-59(55)61)82(122)100-63(33-36-93)80(120)104-68(42-56-46-97-62-25-18-16-23-60(56)62)87(127)110(10)73(27-14-12-2)90(130)109(71)9/h15-18,22-25,29-32,45-46,51-53,58,63-74,96-97,113-114H,11-14,19-21,26-28,33-44,47-50,93H2,1-10H3,(H2,94,115)(H2,95,116)(H,98,119)(H,99,117)(H,100,122)(H,101,123)(H,102,124)(H,103,118)(H,104,120)(H,105,121)(H,106,131)(H,107,125)/t53-,58+,63-,64-,65-,66-,67-,68-,69-,70-,71-,72-,73-,74-/m0/s1. The van der Waals surface area contributed by atoms with Crippen molar-refractivity contribution in [2.24, 2.45) is 29.0 Å². The Balaban J connectivity index is 1.09. The third-order valence-electron chi connectivity index (χ3n) is 24.9. The molecule has 9 rings (SSSR count). The molecule has 0 radical (unpaired) electrons. The molecule has 132 heavy (non-hydrogen) atoms. The second-order valence-corrected chi connectivity index (χ2v) is 37.0. The maximum Gasteiger partial charge on any atom is 0.246 e. The minimum Gasteiger partial charge on any atom is -0.508 e. The molecule has 39 nitrogen and oxygen atoms in total. The number of nitrogens with two attached hydrogens (primary N) is 3. The Morgan fingerprint density at radius 3 is 1.67 bits per heavy atom. The van der Waals surface area contributed by atoms with Gasteiger partial charge in [0.25, 0.3) is 0 Å². The highest BCUT2D eigenvalue weighted by Gasteiger charge is 2.50. The first-order valence-corrected chi connectivity index (χ1v) is 46.8. The number of H-pyrrole nitrogens is 2. The third-order valence-corrected chi connectivity index (χ3v) is 26.0. The number of hydrogen-bond donors (Lipinski definition) is 17. The lowest BCUT2D eigenvalue weighted by Gasteiger charge is -2.36. The van der Waals surface area contributed by atoms with Crippen LogP contribution in [0.5, 0.6) is 5.75 Å². The number of aromatic hydroxyl groups is 1. The van der Waals surface area contributed by atoms with Gasteiger partial charge in [-0.1, -0.05) is 129 Å². The topological polar surface area (TPSA) is 577 Å². The number of nitrogens with zero attached hydrogens (tertiary/aromatic N) is 5. The molecule has 0 bridgehead atoms. The van der Waals surface area contributed by atoms with Crippen molar-refractivity contribution in [1.29, 1.82) is 0 Å². The van der Waals surface area contributed by atoms with Gasteiger partial charge in [-0.15, -0.1) is 11.8 Å².